The van der Waals surface area contributed by atoms with Crippen LogP contribution in [0.4, 0.5) is 16.5 Å². The summed E-state index contributed by atoms with van der Waals surface area (Å²) in [6, 6.07) is 1.88. The maximum absolute atomic E-state index is 12.9. The lowest BCUT2D eigenvalue weighted by Gasteiger charge is -2.27. The van der Waals surface area contributed by atoms with Crippen molar-refractivity contribution >= 4 is 45.7 Å². The number of nitrogens with one attached hydrogen (secondary N) is 2. The molecule has 1 amide bonds. The minimum absolute atomic E-state index is 0.0384. The molecule has 3 heterocycles. The van der Waals surface area contributed by atoms with Crippen LogP contribution in [0.2, 0.25) is 0 Å². The number of fused-ring (bicyclic) bond motifs is 3. The van der Waals surface area contributed by atoms with Gasteiger partial charge in [0, 0.05) is 30.0 Å². The van der Waals surface area contributed by atoms with Crippen molar-refractivity contribution in [2.45, 2.75) is 45.7 Å². The summed E-state index contributed by atoms with van der Waals surface area (Å²) in [7, 11) is 3.47. The first kappa shape index (κ1) is 23.1. The molecule has 33 heavy (non-hydrogen) atoms. The van der Waals surface area contributed by atoms with Gasteiger partial charge in [0.05, 0.1) is 12.7 Å². The van der Waals surface area contributed by atoms with Crippen molar-refractivity contribution in [3.8, 4) is 5.88 Å². The number of rotatable bonds is 6. The van der Waals surface area contributed by atoms with Gasteiger partial charge in [-0.2, -0.15) is 4.98 Å². The molecule has 4 N–H and O–H groups in total. The Hall–Kier alpha value is -3.07. The second-order valence-corrected chi connectivity index (χ2v) is 9.66. The van der Waals surface area contributed by atoms with Crippen LogP contribution in [0.1, 0.15) is 48.3 Å². The van der Waals surface area contributed by atoms with E-state index in [4.69, 9.17) is 15.5 Å². The van der Waals surface area contributed by atoms with Crippen LogP contribution in [-0.2, 0) is 17.6 Å². The van der Waals surface area contributed by atoms with E-state index < -0.39 is 0 Å². The lowest BCUT2D eigenvalue weighted by atomic mass is 9.85. The number of hydrogen-bond donors (Lipinski definition) is 3. The zero-order valence-electron chi connectivity index (χ0n) is 19.7. The molecule has 2 atom stereocenters. The molecule has 2 aromatic rings. The van der Waals surface area contributed by atoms with Crippen molar-refractivity contribution in [1.82, 2.24) is 9.88 Å². The number of amides is 1. The first-order chi connectivity index (χ1) is 15.9. The lowest BCUT2D eigenvalue weighted by Crippen LogP contribution is -2.36. The van der Waals surface area contributed by atoms with Gasteiger partial charge in [0.25, 0.3) is 0 Å². The van der Waals surface area contributed by atoms with E-state index in [1.54, 1.807) is 24.5 Å². The van der Waals surface area contributed by atoms with Crippen LogP contribution in [0.3, 0.4) is 0 Å². The Bertz CT molecular complexity index is 1110. The minimum atomic E-state index is -0.0835. The van der Waals surface area contributed by atoms with Gasteiger partial charge >= 0.3 is 0 Å². The topological polar surface area (TPSA) is 105 Å². The number of thiophene rings is 1. The summed E-state index contributed by atoms with van der Waals surface area (Å²) in [6.45, 7) is 8.73. The van der Waals surface area contributed by atoms with E-state index in [1.807, 2.05) is 24.9 Å². The Morgan fingerprint density at radius 1 is 1.52 bits per heavy atom. The third-order valence-electron chi connectivity index (χ3n) is 6.16. The lowest BCUT2D eigenvalue weighted by molar-refractivity contribution is -0.134. The Labute approximate surface area is 198 Å². The number of aliphatic imine (C=N–C) groups is 1. The van der Waals surface area contributed by atoms with Gasteiger partial charge in [0.2, 0.25) is 11.8 Å². The molecule has 0 radical (unpaired) electrons. The standard InChI is InChI=1S/C24H32N6O2S/c1-6-10-30(4)24(31)15-8-9-16-18(12-15)33-23-19(16)21(26-13(3)27-23)28-17-11-14(7-2)20(25)29-22(17)32-5/h7,11,13,15,27H,2,6,8-10,12H2,1,3-5H3,(H2,25,29)(H,26,28). The Balaban J connectivity index is 1.65. The third kappa shape index (κ3) is 4.42. The number of aromatic nitrogens is 1. The summed E-state index contributed by atoms with van der Waals surface area (Å²) in [5.41, 5.74) is 9.77. The molecule has 0 fully saturated rings. The van der Waals surface area contributed by atoms with E-state index in [-0.39, 0.29) is 18.0 Å². The van der Waals surface area contributed by atoms with E-state index in [9.17, 15) is 4.79 Å². The van der Waals surface area contributed by atoms with Gasteiger partial charge in [-0.25, -0.2) is 4.99 Å². The fourth-order valence-corrected chi connectivity index (χ4v) is 5.95. The predicted octanol–water partition coefficient (Wildman–Crippen LogP) is 3.98. The van der Waals surface area contributed by atoms with Crippen LogP contribution < -0.4 is 21.1 Å². The quantitative estimate of drug-likeness (QED) is 0.592. The molecule has 0 saturated carbocycles. The fraction of sp³-hybridized carbons (Fsp3) is 0.458. The highest BCUT2D eigenvalue weighted by Gasteiger charge is 2.34. The second-order valence-electron chi connectivity index (χ2n) is 8.55. The maximum Gasteiger partial charge on any atom is 0.239 e. The number of ether oxygens (including phenoxy) is 1. The molecule has 2 aromatic heterocycles. The van der Waals surface area contributed by atoms with Crippen LogP contribution in [0.5, 0.6) is 5.88 Å². The third-order valence-corrected chi connectivity index (χ3v) is 7.35. The predicted molar refractivity (Wildman–Crippen MR) is 136 cm³/mol. The number of hydrogen-bond acceptors (Lipinski definition) is 8. The van der Waals surface area contributed by atoms with E-state index in [2.05, 4.69) is 29.1 Å². The SMILES string of the molecule is C=Cc1cc(NC2=NC(C)Nc3sc4c(c32)CCC(C(=O)N(C)CCC)C4)c(OC)nc1N. The Morgan fingerprint density at radius 2 is 2.30 bits per heavy atom. The summed E-state index contributed by atoms with van der Waals surface area (Å²) in [5, 5.41) is 8.03. The summed E-state index contributed by atoms with van der Waals surface area (Å²) in [6.07, 6.45) is 5.03. The Morgan fingerprint density at radius 3 is 3.00 bits per heavy atom. The number of nitrogens with zero attached hydrogens (tertiary/aromatic N) is 3. The summed E-state index contributed by atoms with van der Waals surface area (Å²) in [5.74, 6) is 1.84. The normalized spacial score (nSPS) is 19.0. The highest BCUT2D eigenvalue weighted by molar-refractivity contribution is 7.16. The van der Waals surface area contributed by atoms with Crippen molar-refractivity contribution < 1.29 is 9.53 Å². The highest BCUT2D eigenvalue weighted by atomic mass is 32.1. The smallest absolute Gasteiger partial charge is 0.239 e. The molecule has 0 bridgehead atoms. The van der Waals surface area contributed by atoms with Crippen LogP contribution in [0.15, 0.2) is 17.6 Å². The highest BCUT2D eigenvalue weighted by Crippen LogP contribution is 2.42. The van der Waals surface area contributed by atoms with E-state index in [0.29, 0.717) is 17.4 Å². The number of nitrogens with two attached hydrogens (primary N) is 1. The molecule has 176 valence electrons. The maximum atomic E-state index is 12.9. The molecule has 1 aliphatic heterocycles. The van der Waals surface area contributed by atoms with Gasteiger partial charge in [-0.1, -0.05) is 19.6 Å². The molecule has 0 aromatic carbocycles. The molecule has 0 saturated heterocycles. The first-order valence-electron chi connectivity index (χ1n) is 11.3. The molecule has 8 nitrogen and oxygen atoms in total. The monoisotopic (exact) mass is 468 g/mol. The largest absolute Gasteiger partial charge is 0.479 e. The number of pyridine rings is 1. The minimum Gasteiger partial charge on any atom is -0.479 e. The van der Waals surface area contributed by atoms with Crippen molar-refractivity contribution in [2.75, 3.05) is 37.1 Å². The van der Waals surface area contributed by atoms with Gasteiger partial charge in [-0.05, 0) is 44.2 Å². The Kier molecular flexibility index (Phi) is 6.60. The van der Waals surface area contributed by atoms with Gasteiger partial charge < -0.3 is 26.0 Å². The van der Waals surface area contributed by atoms with E-state index in [1.165, 1.54) is 10.4 Å². The van der Waals surface area contributed by atoms with Crippen LogP contribution in [-0.4, -0.2) is 48.5 Å². The van der Waals surface area contributed by atoms with Crippen molar-refractivity contribution in [3.63, 3.8) is 0 Å². The number of nitrogen functional groups attached to an aromatic ring is 1. The first-order valence-corrected chi connectivity index (χ1v) is 12.2. The molecule has 2 unspecified atom stereocenters. The van der Waals surface area contributed by atoms with Gasteiger partial charge in [0.1, 0.15) is 28.5 Å². The van der Waals surface area contributed by atoms with Crippen molar-refractivity contribution in [1.29, 1.82) is 0 Å². The number of carbonyl (C=O) groups excluding carboxylic acids is 1. The number of amidine groups is 1. The summed E-state index contributed by atoms with van der Waals surface area (Å²) < 4.78 is 5.46. The van der Waals surface area contributed by atoms with Crippen LogP contribution in [0.25, 0.3) is 6.08 Å². The second kappa shape index (κ2) is 9.43. The van der Waals surface area contributed by atoms with Gasteiger partial charge in [-0.15, -0.1) is 11.3 Å². The van der Waals surface area contributed by atoms with Crippen molar-refractivity contribution in [3.05, 3.63) is 34.2 Å². The number of anilines is 3. The summed E-state index contributed by atoms with van der Waals surface area (Å²) in [4.78, 5) is 25.2. The van der Waals surface area contributed by atoms with Crippen LogP contribution in [0, 0.1) is 5.92 Å². The molecular weight excluding hydrogens is 436 g/mol. The average Bonchev–Trinajstić information content (AvgIpc) is 3.16. The molecule has 2 aliphatic rings. The number of methoxy groups -OCH3 is 1. The van der Waals surface area contributed by atoms with E-state index in [0.717, 1.165) is 54.2 Å². The zero-order chi connectivity index (χ0) is 23.7. The van der Waals surface area contributed by atoms with E-state index >= 15 is 0 Å². The molecule has 9 heteroatoms. The fourth-order valence-electron chi connectivity index (χ4n) is 4.54. The van der Waals surface area contributed by atoms with Gasteiger partial charge in [-0.3, -0.25) is 4.79 Å². The average molecular weight is 469 g/mol. The molecular formula is C24H32N6O2S. The number of carbonyl (C=O) groups is 1. The summed E-state index contributed by atoms with van der Waals surface area (Å²) >= 11 is 1.74. The molecule has 1 aliphatic carbocycles. The van der Waals surface area contributed by atoms with Crippen LogP contribution >= 0.6 is 11.3 Å². The zero-order valence-corrected chi connectivity index (χ0v) is 20.5. The molecule has 4 rings (SSSR count). The molecule has 0 spiro atoms. The van der Waals surface area contributed by atoms with Crippen molar-refractivity contribution in [2.24, 2.45) is 10.9 Å². The van der Waals surface area contributed by atoms with Gasteiger partial charge in [0.15, 0.2) is 0 Å².